The average Bonchev–Trinajstić information content (AvgIpc) is 2.08. The summed E-state index contributed by atoms with van der Waals surface area (Å²) in [6.07, 6.45) is 0.655. The van der Waals surface area contributed by atoms with E-state index < -0.39 is 8.80 Å². The maximum atomic E-state index is 8.57. The zero-order chi connectivity index (χ0) is 8.74. The van der Waals surface area contributed by atoms with Gasteiger partial charge in [-0.05, 0) is 6.42 Å². The first-order valence-corrected chi connectivity index (χ1v) is 5.44. The number of aliphatic hydroxyl groups is 1. The molecule has 0 aromatic rings. The predicted molar refractivity (Wildman–Crippen MR) is 43.3 cm³/mol. The van der Waals surface area contributed by atoms with E-state index >= 15 is 0 Å². The van der Waals surface area contributed by atoms with Gasteiger partial charge in [-0.3, -0.25) is 0 Å². The molecule has 0 saturated carbocycles. The van der Waals surface area contributed by atoms with Gasteiger partial charge in [0, 0.05) is 55.0 Å². The molecule has 0 bridgehead atoms. The first-order valence-electron chi connectivity index (χ1n) is 3.51. The van der Waals surface area contributed by atoms with E-state index in [4.69, 9.17) is 18.4 Å². The van der Waals surface area contributed by atoms with E-state index in [1.165, 1.54) is 0 Å². The van der Waals surface area contributed by atoms with Crippen molar-refractivity contribution < 1.29 is 39.4 Å². The maximum Gasteiger partial charge on any atom is 0.500 e. The molecule has 12 heavy (non-hydrogen) atoms. The van der Waals surface area contributed by atoms with Crippen LogP contribution in [0.5, 0.6) is 0 Å². The molecule has 0 rings (SSSR count). The van der Waals surface area contributed by atoms with Crippen molar-refractivity contribution in [2.24, 2.45) is 0 Å². The molecule has 0 aliphatic heterocycles. The fourth-order valence-corrected chi connectivity index (χ4v) is 2.56. The number of hydrogen-bond acceptors (Lipinski definition) is 4. The normalized spacial score (nSPS) is 11.0. The maximum absolute atomic E-state index is 8.57. The van der Waals surface area contributed by atoms with E-state index in [0.29, 0.717) is 12.5 Å². The van der Waals surface area contributed by atoms with Crippen molar-refractivity contribution in [1.29, 1.82) is 0 Å². The Morgan fingerprint density at radius 3 is 1.75 bits per heavy atom. The van der Waals surface area contributed by atoms with E-state index in [0.717, 1.165) is 0 Å². The molecule has 4 nitrogen and oxygen atoms in total. The fraction of sp³-hybridized carbons (Fsp3) is 1.00. The Morgan fingerprint density at radius 2 is 1.50 bits per heavy atom. The zero-order valence-corrected chi connectivity index (χ0v) is 11.6. The summed E-state index contributed by atoms with van der Waals surface area (Å²) in [4.78, 5) is 0. The van der Waals surface area contributed by atoms with Crippen LogP contribution in [0, 0.1) is 0 Å². The molecule has 0 aliphatic rings. The molecular weight excluding hydrogens is 348 g/mol. The third-order valence-corrected chi connectivity index (χ3v) is 4.41. The van der Waals surface area contributed by atoms with Crippen LogP contribution in [0.2, 0.25) is 6.04 Å². The van der Waals surface area contributed by atoms with Crippen molar-refractivity contribution in [1.82, 2.24) is 0 Å². The van der Waals surface area contributed by atoms with Gasteiger partial charge in [0.05, 0.1) is 0 Å². The van der Waals surface area contributed by atoms with E-state index in [-0.39, 0.29) is 27.7 Å². The first-order chi connectivity index (χ1) is 5.24. The van der Waals surface area contributed by atoms with Gasteiger partial charge < -0.3 is 18.4 Å². The molecule has 74 valence electrons. The molecule has 0 unspecified atom stereocenters. The van der Waals surface area contributed by atoms with Crippen molar-refractivity contribution in [3.05, 3.63) is 0 Å². The summed E-state index contributed by atoms with van der Waals surface area (Å²) in [5.41, 5.74) is 0. The molecule has 0 fully saturated rings. The van der Waals surface area contributed by atoms with Gasteiger partial charge in [-0.2, -0.15) is 0 Å². The average molecular weight is 364 g/mol. The van der Waals surface area contributed by atoms with Gasteiger partial charge in [-0.15, -0.1) is 0 Å². The molecule has 0 aliphatic carbocycles. The SMILES string of the molecule is CO[Si](CCCO)(OC)OC.[W]. The molecule has 6 heteroatoms. The van der Waals surface area contributed by atoms with Crippen LogP contribution in [-0.4, -0.2) is 41.8 Å². The van der Waals surface area contributed by atoms with Gasteiger partial charge in [0.25, 0.3) is 0 Å². The molecule has 0 heterocycles. The summed E-state index contributed by atoms with van der Waals surface area (Å²) in [6, 6.07) is 0.660. The molecule has 0 atom stereocenters. The van der Waals surface area contributed by atoms with Gasteiger partial charge in [-0.1, -0.05) is 0 Å². The standard InChI is InChI=1S/C6H16O4Si.W/c1-8-11(9-2,10-3)6-4-5-7;/h7H,4-6H2,1-3H3;. The smallest absolute Gasteiger partial charge is 0.396 e. The van der Waals surface area contributed by atoms with Crippen LogP contribution in [-0.2, 0) is 34.3 Å². The quantitative estimate of drug-likeness (QED) is 0.687. The van der Waals surface area contributed by atoms with Crippen molar-refractivity contribution in [3.8, 4) is 0 Å². The van der Waals surface area contributed by atoms with Crippen molar-refractivity contribution in [2.75, 3.05) is 27.9 Å². The summed E-state index contributed by atoms with van der Waals surface area (Å²) >= 11 is 0. The van der Waals surface area contributed by atoms with Crippen LogP contribution in [0.15, 0.2) is 0 Å². The Labute approximate surface area is 88.8 Å². The Balaban J connectivity index is 0. The van der Waals surface area contributed by atoms with Crippen LogP contribution in [0.25, 0.3) is 0 Å². The summed E-state index contributed by atoms with van der Waals surface area (Å²) in [6.45, 7) is 0.144. The van der Waals surface area contributed by atoms with Crippen molar-refractivity contribution in [3.63, 3.8) is 0 Å². The minimum atomic E-state index is -2.40. The molecule has 0 aromatic heterocycles. The second-order valence-electron chi connectivity index (χ2n) is 2.12. The van der Waals surface area contributed by atoms with Gasteiger partial charge in [-0.25, -0.2) is 0 Å². The van der Waals surface area contributed by atoms with Gasteiger partial charge in [0.1, 0.15) is 0 Å². The first kappa shape index (κ1) is 15.2. The third kappa shape index (κ3) is 4.69. The molecule has 0 radical (unpaired) electrons. The van der Waals surface area contributed by atoms with E-state index in [1.807, 2.05) is 0 Å². The Bertz CT molecular complexity index is 91.3. The van der Waals surface area contributed by atoms with E-state index in [2.05, 4.69) is 0 Å². The molecule has 0 aromatic carbocycles. The summed E-state index contributed by atoms with van der Waals surface area (Å²) in [5.74, 6) is 0. The molecule has 1 N–H and O–H groups in total. The van der Waals surface area contributed by atoms with Crippen LogP contribution in [0.1, 0.15) is 6.42 Å². The second-order valence-corrected chi connectivity index (χ2v) is 5.21. The largest absolute Gasteiger partial charge is 0.500 e. The summed E-state index contributed by atoms with van der Waals surface area (Å²) < 4.78 is 15.4. The van der Waals surface area contributed by atoms with Gasteiger partial charge in [0.15, 0.2) is 0 Å². The Hall–Kier alpha value is 0.745. The summed E-state index contributed by atoms with van der Waals surface area (Å²) in [5, 5.41) is 8.57. The number of aliphatic hydroxyl groups excluding tert-OH is 1. The topological polar surface area (TPSA) is 47.9 Å². The van der Waals surface area contributed by atoms with Crippen LogP contribution < -0.4 is 0 Å². The second kappa shape index (κ2) is 8.35. The van der Waals surface area contributed by atoms with Crippen LogP contribution >= 0.6 is 0 Å². The Morgan fingerprint density at radius 1 is 1.08 bits per heavy atom. The molecule has 0 amide bonds. The zero-order valence-electron chi connectivity index (χ0n) is 7.70. The number of rotatable bonds is 6. The van der Waals surface area contributed by atoms with Crippen LogP contribution in [0.3, 0.4) is 0 Å². The van der Waals surface area contributed by atoms with Gasteiger partial charge >= 0.3 is 8.80 Å². The monoisotopic (exact) mass is 364 g/mol. The minimum Gasteiger partial charge on any atom is -0.396 e. The fourth-order valence-electron chi connectivity index (χ4n) is 0.852. The van der Waals surface area contributed by atoms with E-state index in [1.54, 1.807) is 21.3 Å². The van der Waals surface area contributed by atoms with Crippen molar-refractivity contribution in [2.45, 2.75) is 12.5 Å². The molecule has 0 spiro atoms. The van der Waals surface area contributed by atoms with Crippen molar-refractivity contribution >= 4 is 8.80 Å². The molecule has 0 saturated heterocycles. The predicted octanol–water partition coefficient (Wildman–Crippen LogP) is 0.244. The minimum absolute atomic E-state index is 0. The number of hydrogen-bond donors (Lipinski definition) is 1. The van der Waals surface area contributed by atoms with Gasteiger partial charge in [0.2, 0.25) is 0 Å². The van der Waals surface area contributed by atoms with E-state index in [9.17, 15) is 0 Å². The summed E-state index contributed by atoms with van der Waals surface area (Å²) in [7, 11) is 2.30. The van der Waals surface area contributed by atoms with Crippen LogP contribution in [0.4, 0.5) is 0 Å². The third-order valence-electron chi connectivity index (χ3n) is 1.57. The molecular formula is C6H16O4SiW. The Kier molecular flexibility index (Phi) is 10.6.